The summed E-state index contributed by atoms with van der Waals surface area (Å²) in [6.45, 7) is 1.89. The second kappa shape index (κ2) is 6.81. The van der Waals surface area contributed by atoms with Crippen LogP contribution >= 0.6 is 0 Å². The molecule has 3 aromatic rings. The Labute approximate surface area is 176 Å². The summed E-state index contributed by atoms with van der Waals surface area (Å²) < 4.78 is 5.77. The van der Waals surface area contributed by atoms with Crippen molar-refractivity contribution in [3.63, 3.8) is 0 Å². The molecule has 0 saturated carbocycles. The number of carbonyl (C=O) groups is 4. The molecule has 3 heterocycles. The Hall–Kier alpha value is -4.46. The summed E-state index contributed by atoms with van der Waals surface area (Å²) in [4.78, 5) is 48.7. The number of rotatable bonds is 3. The third kappa shape index (κ3) is 3.10. The van der Waals surface area contributed by atoms with Gasteiger partial charge in [0.2, 0.25) is 0 Å². The molecule has 1 saturated heterocycles. The average molecular weight is 413 g/mol. The maximum Gasteiger partial charge on any atom is 0.282 e. The molecule has 152 valence electrons. The molecule has 0 unspecified atom stereocenters. The van der Waals surface area contributed by atoms with Crippen LogP contribution in [0, 0.1) is 6.92 Å². The van der Waals surface area contributed by atoms with E-state index in [1.54, 1.807) is 48.5 Å². The molecular weight excluding hydrogens is 398 g/mol. The zero-order chi connectivity index (χ0) is 21.7. The number of aryl methyl sites for hydroxylation is 1. The van der Waals surface area contributed by atoms with Crippen LogP contribution in [0.15, 0.2) is 64.6 Å². The van der Waals surface area contributed by atoms with Crippen molar-refractivity contribution in [2.75, 3.05) is 5.01 Å². The highest BCUT2D eigenvalue weighted by Gasteiger charge is 2.35. The lowest BCUT2D eigenvalue weighted by atomic mass is 10.0. The van der Waals surface area contributed by atoms with Gasteiger partial charge in [-0.1, -0.05) is 18.2 Å². The van der Waals surface area contributed by atoms with E-state index >= 15 is 0 Å². The molecule has 0 aliphatic carbocycles. The molecule has 2 N–H and O–H groups in total. The van der Waals surface area contributed by atoms with Crippen LogP contribution in [0.2, 0.25) is 0 Å². The number of fused-ring (bicyclic) bond motifs is 1. The van der Waals surface area contributed by atoms with E-state index < -0.39 is 23.6 Å². The number of hydrogen-bond acceptors (Lipinski definition) is 5. The molecule has 31 heavy (non-hydrogen) atoms. The molecule has 4 amide bonds. The van der Waals surface area contributed by atoms with Crippen LogP contribution in [-0.2, 0) is 9.59 Å². The summed E-state index contributed by atoms with van der Waals surface area (Å²) in [6, 6.07) is 15.3. The maximum atomic E-state index is 12.8. The first-order chi connectivity index (χ1) is 14.9. The van der Waals surface area contributed by atoms with Crippen LogP contribution < -0.4 is 15.8 Å². The lowest BCUT2D eigenvalue weighted by Gasteiger charge is -2.14. The summed E-state index contributed by atoms with van der Waals surface area (Å²) in [5.74, 6) is -1.16. The van der Waals surface area contributed by atoms with Crippen molar-refractivity contribution in [2.24, 2.45) is 0 Å². The molecule has 2 aliphatic rings. The second-order valence-corrected chi connectivity index (χ2v) is 7.22. The average Bonchev–Trinajstić information content (AvgIpc) is 3.41. The number of anilines is 1. The first-order valence-electron chi connectivity index (χ1n) is 9.44. The number of amides is 4. The van der Waals surface area contributed by atoms with Crippen LogP contribution in [0.3, 0.4) is 0 Å². The fourth-order valence-corrected chi connectivity index (χ4v) is 3.56. The Morgan fingerprint density at radius 1 is 0.871 bits per heavy atom. The van der Waals surface area contributed by atoms with Crippen LogP contribution in [0.25, 0.3) is 17.4 Å². The van der Waals surface area contributed by atoms with Gasteiger partial charge in [0.25, 0.3) is 23.6 Å². The maximum absolute atomic E-state index is 12.8. The third-order valence-corrected chi connectivity index (χ3v) is 5.09. The number of carbonyl (C=O) groups excluding carboxylic acids is 4. The van der Waals surface area contributed by atoms with Crippen molar-refractivity contribution in [1.29, 1.82) is 0 Å². The van der Waals surface area contributed by atoms with Crippen LogP contribution in [0.5, 0.6) is 0 Å². The van der Waals surface area contributed by atoms with E-state index in [0.717, 1.165) is 5.56 Å². The van der Waals surface area contributed by atoms with E-state index in [9.17, 15) is 19.2 Å². The van der Waals surface area contributed by atoms with Gasteiger partial charge in [0, 0.05) is 5.56 Å². The smallest absolute Gasteiger partial charge is 0.282 e. The first-order valence-corrected chi connectivity index (χ1v) is 9.44. The summed E-state index contributed by atoms with van der Waals surface area (Å²) in [6.07, 6.45) is 1.38. The molecule has 0 radical (unpaired) electrons. The van der Waals surface area contributed by atoms with Gasteiger partial charge in [0.1, 0.15) is 17.1 Å². The molecule has 2 aromatic carbocycles. The minimum atomic E-state index is -0.530. The summed E-state index contributed by atoms with van der Waals surface area (Å²) in [5.41, 5.74) is 5.20. The predicted molar refractivity (Wildman–Crippen MR) is 111 cm³/mol. The van der Waals surface area contributed by atoms with E-state index in [1.165, 1.54) is 11.1 Å². The largest absolute Gasteiger partial charge is 0.457 e. The number of imide groups is 1. The van der Waals surface area contributed by atoms with Gasteiger partial charge >= 0.3 is 0 Å². The zero-order valence-electron chi connectivity index (χ0n) is 16.3. The van der Waals surface area contributed by atoms with E-state index in [0.29, 0.717) is 28.3 Å². The Balaban J connectivity index is 1.43. The van der Waals surface area contributed by atoms with E-state index in [2.05, 4.69) is 10.7 Å². The Kier molecular flexibility index (Phi) is 4.07. The van der Waals surface area contributed by atoms with Crippen LogP contribution in [0.4, 0.5) is 5.69 Å². The molecule has 0 spiro atoms. The molecule has 5 rings (SSSR count). The number of benzene rings is 2. The van der Waals surface area contributed by atoms with Crippen molar-refractivity contribution < 1.29 is 23.6 Å². The molecule has 0 atom stereocenters. The van der Waals surface area contributed by atoms with Crippen molar-refractivity contribution >= 4 is 35.4 Å². The van der Waals surface area contributed by atoms with E-state index in [1.807, 2.05) is 13.0 Å². The zero-order valence-corrected chi connectivity index (χ0v) is 16.3. The SMILES string of the molecule is Cc1cccc(N2NC(=O)/C(=C/c3ccc(-c4ccc5c(c4)C(=O)NC5=O)o3)C2=O)c1. The monoisotopic (exact) mass is 413 g/mol. The highest BCUT2D eigenvalue weighted by molar-refractivity contribution is 6.31. The lowest BCUT2D eigenvalue weighted by molar-refractivity contribution is -0.117. The van der Waals surface area contributed by atoms with Gasteiger partial charge in [-0.3, -0.25) is 29.9 Å². The minimum Gasteiger partial charge on any atom is -0.457 e. The fourth-order valence-electron chi connectivity index (χ4n) is 3.56. The van der Waals surface area contributed by atoms with Gasteiger partial charge < -0.3 is 4.42 Å². The van der Waals surface area contributed by atoms with Gasteiger partial charge in [-0.2, -0.15) is 0 Å². The van der Waals surface area contributed by atoms with Crippen molar-refractivity contribution in [3.8, 4) is 11.3 Å². The van der Waals surface area contributed by atoms with Gasteiger partial charge in [0.15, 0.2) is 0 Å². The first kappa shape index (κ1) is 18.6. The minimum absolute atomic E-state index is 0.0543. The summed E-state index contributed by atoms with van der Waals surface area (Å²) >= 11 is 0. The topological polar surface area (TPSA) is 109 Å². The molecular formula is C23H15N3O5. The number of nitrogens with zero attached hydrogens (tertiary/aromatic N) is 1. The number of hydrogen-bond donors (Lipinski definition) is 2. The second-order valence-electron chi connectivity index (χ2n) is 7.22. The molecule has 2 aliphatic heterocycles. The molecule has 8 heteroatoms. The van der Waals surface area contributed by atoms with Crippen molar-refractivity contribution in [3.05, 3.63) is 82.6 Å². The van der Waals surface area contributed by atoms with Gasteiger partial charge in [-0.25, -0.2) is 5.01 Å². The predicted octanol–water partition coefficient (Wildman–Crippen LogP) is 2.60. The Morgan fingerprint density at radius 3 is 2.48 bits per heavy atom. The highest BCUT2D eigenvalue weighted by atomic mass is 16.3. The number of furan rings is 1. The quantitative estimate of drug-likeness (QED) is 0.390. The fraction of sp³-hybridized carbons (Fsp3) is 0.0435. The number of hydrazine groups is 1. The van der Waals surface area contributed by atoms with Gasteiger partial charge in [0.05, 0.1) is 16.8 Å². The van der Waals surface area contributed by atoms with Crippen molar-refractivity contribution in [1.82, 2.24) is 10.7 Å². The Bertz CT molecular complexity index is 1330. The highest BCUT2D eigenvalue weighted by Crippen LogP contribution is 2.28. The third-order valence-electron chi connectivity index (χ3n) is 5.09. The Morgan fingerprint density at radius 2 is 1.68 bits per heavy atom. The number of nitrogens with one attached hydrogen (secondary N) is 2. The summed E-state index contributed by atoms with van der Waals surface area (Å²) in [5, 5.41) is 3.44. The normalized spacial score (nSPS) is 16.7. The lowest BCUT2D eigenvalue weighted by Crippen LogP contribution is -2.35. The molecule has 0 bridgehead atoms. The van der Waals surface area contributed by atoms with Crippen LogP contribution in [-0.4, -0.2) is 23.6 Å². The van der Waals surface area contributed by atoms with Gasteiger partial charge in [-0.05, 0) is 55.0 Å². The van der Waals surface area contributed by atoms with E-state index in [4.69, 9.17) is 4.42 Å². The standard InChI is InChI=1S/C23H15N3O5/c1-12-3-2-4-14(9-12)26-23(30)18(22(29)25-26)11-15-6-8-19(31-15)13-5-7-16-17(10-13)21(28)24-20(16)27/h2-11H,1H3,(H,25,29)(H,24,27,28)/b18-11-. The van der Waals surface area contributed by atoms with Gasteiger partial charge in [-0.15, -0.1) is 0 Å². The molecule has 8 nitrogen and oxygen atoms in total. The molecule has 1 fully saturated rings. The van der Waals surface area contributed by atoms with Crippen LogP contribution in [0.1, 0.15) is 32.0 Å². The summed E-state index contributed by atoms with van der Waals surface area (Å²) in [7, 11) is 0. The van der Waals surface area contributed by atoms with E-state index in [-0.39, 0.29) is 11.1 Å². The van der Waals surface area contributed by atoms with Crippen molar-refractivity contribution in [2.45, 2.75) is 6.92 Å². The molecule has 1 aromatic heterocycles.